The number of carbonyl (C=O) groups is 1. The Hall–Kier alpha value is -2.01. The lowest BCUT2D eigenvalue weighted by Crippen LogP contribution is -2.14. The van der Waals surface area contributed by atoms with Crippen LogP contribution in [-0.4, -0.2) is 20.1 Å². The Morgan fingerprint density at radius 1 is 1.09 bits per heavy atom. The fourth-order valence-electron chi connectivity index (χ4n) is 2.39. The molecule has 0 unspecified atom stereocenters. The maximum absolute atomic E-state index is 12.6. The Balaban J connectivity index is 2.36. The molecular weight excluding hydrogens is 358 g/mol. The van der Waals surface area contributed by atoms with Gasteiger partial charge in [0.1, 0.15) is 11.5 Å². The van der Waals surface area contributed by atoms with Crippen LogP contribution in [0, 0.1) is 6.92 Å². The van der Waals surface area contributed by atoms with Crippen LogP contribution < -0.4 is 14.8 Å². The zero-order valence-corrected chi connectivity index (χ0v) is 15.3. The maximum Gasteiger partial charge on any atom is 0.255 e. The van der Waals surface area contributed by atoms with E-state index >= 15 is 0 Å². The highest BCUT2D eigenvalue weighted by atomic mass is 79.9. The summed E-state index contributed by atoms with van der Waals surface area (Å²) in [6.45, 7) is 4.04. The van der Waals surface area contributed by atoms with Gasteiger partial charge in [0.05, 0.1) is 14.2 Å². The van der Waals surface area contributed by atoms with Crippen molar-refractivity contribution < 1.29 is 14.3 Å². The second-order valence-electron chi connectivity index (χ2n) is 5.17. The first-order valence-corrected chi connectivity index (χ1v) is 8.11. The molecule has 0 aliphatic carbocycles. The lowest BCUT2D eigenvalue weighted by molar-refractivity contribution is 0.102. The van der Waals surface area contributed by atoms with Gasteiger partial charge in [-0.25, -0.2) is 0 Å². The Kier molecular flexibility index (Phi) is 5.66. The molecule has 0 radical (unpaired) electrons. The molecule has 0 aromatic heterocycles. The molecule has 2 aromatic rings. The van der Waals surface area contributed by atoms with Crippen LogP contribution in [-0.2, 0) is 6.42 Å². The molecule has 2 rings (SSSR count). The van der Waals surface area contributed by atoms with Gasteiger partial charge in [-0.05, 0) is 48.7 Å². The number of amides is 1. The van der Waals surface area contributed by atoms with Crippen LogP contribution in [0.4, 0.5) is 5.69 Å². The number of anilines is 1. The van der Waals surface area contributed by atoms with E-state index in [-0.39, 0.29) is 5.91 Å². The molecule has 0 aliphatic rings. The molecule has 0 saturated carbocycles. The van der Waals surface area contributed by atoms with Crippen LogP contribution in [0.1, 0.15) is 28.4 Å². The number of benzene rings is 2. The van der Waals surface area contributed by atoms with Gasteiger partial charge in [0.2, 0.25) is 0 Å². The maximum atomic E-state index is 12.6. The van der Waals surface area contributed by atoms with E-state index in [9.17, 15) is 4.79 Å². The number of methoxy groups -OCH3 is 2. The summed E-state index contributed by atoms with van der Waals surface area (Å²) in [5, 5.41) is 3.00. The molecule has 4 nitrogen and oxygen atoms in total. The third kappa shape index (κ3) is 4.05. The second kappa shape index (κ2) is 7.51. The molecule has 1 N–H and O–H groups in total. The minimum atomic E-state index is -0.192. The summed E-state index contributed by atoms with van der Waals surface area (Å²) in [7, 11) is 3.12. The lowest BCUT2D eigenvalue weighted by Gasteiger charge is -2.15. The lowest BCUT2D eigenvalue weighted by atomic mass is 10.1. The van der Waals surface area contributed by atoms with Crippen LogP contribution in [0.2, 0.25) is 0 Å². The molecule has 0 saturated heterocycles. The van der Waals surface area contributed by atoms with E-state index in [1.807, 2.05) is 19.1 Å². The zero-order chi connectivity index (χ0) is 17.0. The van der Waals surface area contributed by atoms with Crippen molar-refractivity contribution in [1.82, 2.24) is 0 Å². The van der Waals surface area contributed by atoms with Gasteiger partial charge in [-0.1, -0.05) is 22.9 Å². The van der Waals surface area contributed by atoms with E-state index in [4.69, 9.17) is 9.47 Å². The smallest absolute Gasteiger partial charge is 0.255 e. The van der Waals surface area contributed by atoms with Crippen LogP contribution in [0.15, 0.2) is 34.8 Å². The first-order valence-electron chi connectivity index (χ1n) is 7.32. The third-order valence-electron chi connectivity index (χ3n) is 3.62. The van der Waals surface area contributed by atoms with Crippen molar-refractivity contribution in [1.29, 1.82) is 0 Å². The minimum absolute atomic E-state index is 0.192. The van der Waals surface area contributed by atoms with E-state index in [0.717, 1.165) is 27.7 Å². The predicted molar refractivity (Wildman–Crippen MR) is 95.8 cm³/mol. The van der Waals surface area contributed by atoms with E-state index in [1.165, 1.54) is 0 Å². The van der Waals surface area contributed by atoms with E-state index < -0.39 is 0 Å². The fraction of sp³-hybridized carbons (Fsp3) is 0.278. The molecule has 0 heterocycles. The monoisotopic (exact) mass is 377 g/mol. The Labute approximate surface area is 144 Å². The number of halogens is 1. The highest BCUT2D eigenvalue weighted by Crippen LogP contribution is 2.28. The SMILES string of the molecule is CCc1cc(Br)cc(C)c1NC(=O)c1cc(OC)cc(OC)c1. The molecular formula is C18H20BrNO3. The number of hydrogen-bond acceptors (Lipinski definition) is 3. The number of rotatable bonds is 5. The van der Waals surface area contributed by atoms with Gasteiger partial charge >= 0.3 is 0 Å². The summed E-state index contributed by atoms with van der Waals surface area (Å²) in [5.74, 6) is 0.970. The molecule has 122 valence electrons. The molecule has 0 aliphatic heterocycles. The van der Waals surface area contributed by atoms with Crippen molar-refractivity contribution in [3.63, 3.8) is 0 Å². The molecule has 2 aromatic carbocycles. The van der Waals surface area contributed by atoms with E-state index in [0.29, 0.717) is 17.1 Å². The average Bonchev–Trinajstić information content (AvgIpc) is 2.56. The van der Waals surface area contributed by atoms with Crippen LogP contribution >= 0.6 is 15.9 Å². The van der Waals surface area contributed by atoms with Crippen molar-refractivity contribution >= 4 is 27.5 Å². The predicted octanol–water partition coefficient (Wildman–Crippen LogP) is 4.59. The Morgan fingerprint density at radius 2 is 1.70 bits per heavy atom. The first kappa shape index (κ1) is 17.3. The normalized spacial score (nSPS) is 10.3. The summed E-state index contributed by atoms with van der Waals surface area (Å²) in [5.41, 5.74) is 3.44. The standard InChI is InChI=1S/C18H20BrNO3/c1-5-12-7-14(19)6-11(2)17(12)20-18(21)13-8-15(22-3)10-16(9-13)23-4/h6-10H,5H2,1-4H3,(H,20,21). The molecule has 0 spiro atoms. The second-order valence-corrected chi connectivity index (χ2v) is 6.08. The van der Waals surface area contributed by atoms with Gasteiger partial charge in [0.15, 0.2) is 0 Å². The minimum Gasteiger partial charge on any atom is -0.497 e. The van der Waals surface area contributed by atoms with Crippen molar-refractivity contribution in [3.05, 3.63) is 51.5 Å². The quantitative estimate of drug-likeness (QED) is 0.828. The molecule has 0 fully saturated rings. The molecule has 0 atom stereocenters. The first-order chi connectivity index (χ1) is 11.0. The average molecular weight is 378 g/mol. The summed E-state index contributed by atoms with van der Waals surface area (Å²) >= 11 is 3.49. The summed E-state index contributed by atoms with van der Waals surface area (Å²) < 4.78 is 11.4. The van der Waals surface area contributed by atoms with Crippen LogP contribution in [0.3, 0.4) is 0 Å². The summed E-state index contributed by atoms with van der Waals surface area (Å²) in [6.07, 6.45) is 0.831. The number of aryl methyl sites for hydroxylation is 2. The highest BCUT2D eigenvalue weighted by molar-refractivity contribution is 9.10. The van der Waals surface area contributed by atoms with Gasteiger partial charge < -0.3 is 14.8 Å². The van der Waals surface area contributed by atoms with Gasteiger partial charge in [0, 0.05) is 21.8 Å². The number of ether oxygens (including phenoxy) is 2. The van der Waals surface area contributed by atoms with Gasteiger partial charge in [0.25, 0.3) is 5.91 Å². The van der Waals surface area contributed by atoms with Crippen molar-refractivity contribution in [2.45, 2.75) is 20.3 Å². The summed E-state index contributed by atoms with van der Waals surface area (Å²) in [6, 6.07) is 9.13. The Morgan fingerprint density at radius 3 is 2.22 bits per heavy atom. The number of carbonyl (C=O) groups excluding carboxylic acids is 1. The Bertz CT molecular complexity index is 706. The number of nitrogens with one attached hydrogen (secondary N) is 1. The van der Waals surface area contributed by atoms with E-state index in [2.05, 4.69) is 28.2 Å². The zero-order valence-electron chi connectivity index (χ0n) is 13.7. The van der Waals surface area contributed by atoms with Gasteiger partial charge in [-0.3, -0.25) is 4.79 Å². The summed E-state index contributed by atoms with van der Waals surface area (Å²) in [4.78, 5) is 12.6. The molecule has 23 heavy (non-hydrogen) atoms. The largest absolute Gasteiger partial charge is 0.497 e. The highest BCUT2D eigenvalue weighted by Gasteiger charge is 2.14. The van der Waals surface area contributed by atoms with Gasteiger partial charge in [-0.2, -0.15) is 0 Å². The van der Waals surface area contributed by atoms with E-state index in [1.54, 1.807) is 32.4 Å². The third-order valence-corrected chi connectivity index (χ3v) is 4.07. The van der Waals surface area contributed by atoms with Crippen LogP contribution in [0.25, 0.3) is 0 Å². The van der Waals surface area contributed by atoms with Crippen LogP contribution in [0.5, 0.6) is 11.5 Å². The van der Waals surface area contributed by atoms with Crippen molar-refractivity contribution in [2.75, 3.05) is 19.5 Å². The van der Waals surface area contributed by atoms with Gasteiger partial charge in [-0.15, -0.1) is 0 Å². The number of hydrogen-bond donors (Lipinski definition) is 1. The molecule has 0 bridgehead atoms. The molecule has 5 heteroatoms. The molecule has 1 amide bonds. The fourth-order valence-corrected chi connectivity index (χ4v) is 3.01. The van der Waals surface area contributed by atoms with Crippen molar-refractivity contribution in [3.8, 4) is 11.5 Å². The topological polar surface area (TPSA) is 47.6 Å². The van der Waals surface area contributed by atoms with Crippen molar-refractivity contribution in [2.24, 2.45) is 0 Å².